The lowest BCUT2D eigenvalue weighted by Gasteiger charge is -2.30. The van der Waals surface area contributed by atoms with Gasteiger partial charge in [-0.3, -0.25) is 4.79 Å². The van der Waals surface area contributed by atoms with Gasteiger partial charge in [0.2, 0.25) is 0 Å². The smallest absolute Gasteiger partial charge is 0.159 e. The maximum absolute atomic E-state index is 11.3. The van der Waals surface area contributed by atoms with Gasteiger partial charge in [0.25, 0.3) is 0 Å². The van der Waals surface area contributed by atoms with Crippen molar-refractivity contribution in [2.24, 2.45) is 5.92 Å². The number of carbonyl (C=O) groups is 1. The molecule has 0 radical (unpaired) electrons. The largest absolute Gasteiger partial charge is 0.494 e. The third-order valence-electron chi connectivity index (χ3n) is 4.12. The summed E-state index contributed by atoms with van der Waals surface area (Å²) in [7, 11) is 0. The molecule has 0 aromatic heterocycles. The first-order chi connectivity index (χ1) is 10.1. The highest BCUT2D eigenvalue weighted by atomic mass is 35.5. The highest BCUT2D eigenvalue weighted by Crippen LogP contribution is 2.16. The lowest BCUT2D eigenvalue weighted by Crippen LogP contribution is -2.35. The topological polar surface area (TPSA) is 29.5 Å². The van der Waals surface area contributed by atoms with Crippen molar-refractivity contribution in [3.05, 3.63) is 29.8 Å². The summed E-state index contributed by atoms with van der Waals surface area (Å²) in [6.45, 7) is 8.34. The Labute approximate surface area is 140 Å². The molecular formula is C18H28ClNO2. The summed E-state index contributed by atoms with van der Waals surface area (Å²) < 4.78 is 5.74. The van der Waals surface area contributed by atoms with Crippen LogP contribution in [0.5, 0.6) is 5.75 Å². The molecule has 0 amide bonds. The number of rotatable bonds is 7. The van der Waals surface area contributed by atoms with Crippen LogP contribution in [-0.4, -0.2) is 36.9 Å². The van der Waals surface area contributed by atoms with Gasteiger partial charge in [-0.25, -0.2) is 0 Å². The molecule has 2 rings (SSSR count). The third-order valence-corrected chi connectivity index (χ3v) is 4.12. The summed E-state index contributed by atoms with van der Waals surface area (Å²) >= 11 is 0. The molecule has 0 spiro atoms. The molecule has 1 fully saturated rings. The van der Waals surface area contributed by atoms with Crippen LogP contribution in [0.25, 0.3) is 0 Å². The zero-order valence-electron chi connectivity index (χ0n) is 13.7. The minimum absolute atomic E-state index is 0. The van der Waals surface area contributed by atoms with Crippen LogP contribution >= 0.6 is 12.4 Å². The first kappa shape index (κ1) is 19.0. The van der Waals surface area contributed by atoms with Crippen molar-refractivity contribution in [1.29, 1.82) is 0 Å². The Morgan fingerprint density at radius 3 is 2.91 bits per heavy atom. The molecule has 1 atom stereocenters. The number of nitrogens with zero attached hydrogens (tertiary/aromatic N) is 1. The van der Waals surface area contributed by atoms with E-state index in [-0.39, 0.29) is 18.2 Å². The first-order valence-electron chi connectivity index (χ1n) is 8.11. The highest BCUT2D eigenvalue weighted by Gasteiger charge is 2.15. The second-order valence-electron chi connectivity index (χ2n) is 6.19. The summed E-state index contributed by atoms with van der Waals surface area (Å²) in [5.74, 6) is 1.73. The average Bonchev–Trinajstić information content (AvgIpc) is 2.47. The minimum Gasteiger partial charge on any atom is -0.494 e. The zero-order valence-corrected chi connectivity index (χ0v) is 14.5. The van der Waals surface area contributed by atoms with Gasteiger partial charge in [0.05, 0.1) is 6.61 Å². The Kier molecular flexibility index (Phi) is 8.51. The molecule has 1 aliphatic heterocycles. The van der Waals surface area contributed by atoms with Crippen molar-refractivity contribution in [3.8, 4) is 5.75 Å². The molecule has 3 nitrogen and oxygen atoms in total. The fourth-order valence-corrected chi connectivity index (χ4v) is 2.92. The Bertz CT molecular complexity index is 464. The van der Waals surface area contributed by atoms with Gasteiger partial charge in [0.1, 0.15) is 5.75 Å². The summed E-state index contributed by atoms with van der Waals surface area (Å²) in [4.78, 5) is 13.9. The Hall–Kier alpha value is -1.06. The number of halogens is 1. The predicted molar refractivity (Wildman–Crippen MR) is 93.3 cm³/mol. The fraction of sp³-hybridized carbons (Fsp3) is 0.611. The van der Waals surface area contributed by atoms with Gasteiger partial charge in [0, 0.05) is 12.1 Å². The Morgan fingerprint density at radius 1 is 1.36 bits per heavy atom. The highest BCUT2D eigenvalue weighted by molar-refractivity contribution is 5.94. The second kappa shape index (κ2) is 9.86. The molecule has 1 heterocycles. The van der Waals surface area contributed by atoms with Crippen molar-refractivity contribution in [2.45, 2.75) is 39.5 Å². The number of likely N-dealkylation sites (tertiary alicyclic amines) is 1. The molecule has 1 aliphatic rings. The van der Waals surface area contributed by atoms with E-state index < -0.39 is 0 Å². The molecule has 124 valence electrons. The molecule has 0 bridgehead atoms. The average molecular weight is 326 g/mol. The lowest BCUT2D eigenvalue weighted by atomic mass is 10.0. The van der Waals surface area contributed by atoms with Crippen molar-refractivity contribution >= 4 is 18.2 Å². The molecule has 22 heavy (non-hydrogen) atoms. The van der Waals surface area contributed by atoms with E-state index in [1.54, 1.807) is 6.92 Å². The fourth-order valence-electron chi connectivity index (χ4n) is 2.92. The van der Waals surface area contributed by atoms with Crippen LogP contribution in [0.2, 0.25) is 0 Å². The minimum atomic E-state index is 0. The Morgan fingerprint density at radius 2 is 2.18 bits per heavy atom. The molecule has 1 unspecified atom stereocenters. The molecule has 0 aliphatic carbocycles. The number of hydrogen-bond acceptors (Lipinski definition) is 3. The summed E-state index contributed by atoms with van der Waals surface area (Å²) in [5, 5.41) is 0. The molecule has 1 aromatic rings. The van der Waals surface area contributed by atoms with Crippen LogP contribution in [0, 0.1) is 5.92 Å². The zero-order chi connectivity index (χ0) is 15.1. The van der Waals surface area contributed by atoms with Gasteiger partial charge >= 0.3 is 0 Å². The number of hydrogen-bond donors (Lipinski definition) is 0. The number of benzene rings is 1. The monoisotopic (exact) mass is 325 g/mol. The van der Waals surface area contributed by atoms with Gasteiger partial charge in [-0.05, 0) is 63.7 Å². The third kappa shape index (κ3) is 6.37. The van der Waals surface area contributed by atoms with Gasteiger partial charge in [-0.1, -0.05) is 19.1 Å². The molecule has 1 saturated heterocycles. The Balaban J connectivity index is 0.00000242. The van der Waals surface area contributed by atoms with E-state index in [0.29, 0.717) is 0 Å². The first-order valence-corrected chi connectivity index (χ1v) is 8.11. The number of unbranched alkanes of at least 4 members (excludes halogenated alkanes) is 1. The van der Waals surface area contributed by atoms with Crippen LogP contribution in [0.15, 0.2) is 24.3 Å². The molecule has 1 aromatic carbocycles. The normalized spacial score (nSPS) is 18.5. The van der Waals surface area contributed by atoms with Crippen LogP contribution in [-0.2, 0) is 0 Å². The van der Waals surface area contributed by atoms with E-state index in [1.807, 2.05) is 24.3 Å². The number of piperidine rings is 1. The van der Waals surface area contributed by atoms with E-state index in [4.69, 9.17) is 4.74 Å². The quantitative estimate of drug-likeness (QED) is 0.556. The maximum atomic E-state index is 11.3. The number of carbonyl (C=O) groups excluding carboxylic acids is 1. The molecule has 4 heteroatoms. The number of ketones is 1. The van der Waals surface area contributed by atoms with Gasteiger partial charge < -0.3 is 9.64 Å². The summed E-state index contributed by atoms with van der Waals surface area (Å²) in [6, 6.07) is 7.45. The van der Waals surface area contributed by atoms with E-state index in [1.165, 1.54) is 38.9 Å². The van der Waals surface area contributed by atoms with Crippen molar-refractivity contribution in [2.75, 3.05) is 26.2 Å². The van der Waals surface area contributed by atoms with E-state index >= 15 is 0 Å². The van der Waals surface area contributed by atoms with Gasteiger partial charge in [-0.2, -0.15) is 0 Å². The van der Waals surface area contributed by atoms with Crippen molar-refractivity contribution < 1.29 is 9.53 Å². The van der Waals surface area contributed by atoms with Crippen LogP contribution in [0.3, 0.4) is 0 Å². The molecular weight excluding hydrogens is 298 g/mol. The van der Waals surface area contributed by atoms with E-state index in [9.17, 15) is 4.79 Å². The summed E-state index contributed by atoms with van der Waals surface area (Å²) in [6.07, 6.45) is 4.97. The standard InChI is InChI=1S/C18H27NO2.ClH/c1-15-7-6-11-19(14-15)10-3-4-12-21-18-9-5-8-17(13-18)16(2)20;/h5,8-9,13,15H,3-4,6-7,10-12,14H2,1-2H3;1H. The van der Waals surface area contributed by atoms with Gasteiger partial charge in [-0.15, -0.1) is 12.4 Å². The molecule has 0 N–H and O–H groups in total. The predicted octanol–water partition coefficient (Wildman–Crippen LogP) is 4.20. The van der Waals surface area contributed by atoms with Crippen LogP contribution in [0.4, 0.5) is 0 Å². The summed E-state index contributed by atoms with van der Waals surface area (Å²) in [5.41, 5.74) is 0.717. The maximum Gasteiger partial charge on any atom is 0.159 e. The van der Waals surface area contributed by atoms with Gasteiger partial charge in [0.15, 0.2) is 5.78 Å². The van der Waals surface area contributed by atoms with Crippen molar-refractivity contribution in [1.82, 2.24) is 4.90 Å². The van der Waals surface area contributed by atoms with Crippen LogP contribution < -0.4 is 4.74 Å². The lowest BCUT2D eigenvalue weighted by molar-refractivity contribution is 0.101. The molecule has 0 saturated carbocycles. The van der Waals surface area contributed by atoms with Crippen LogP contribution in [0.1, 0.15) is 49.9 Å². The van der Waals surface area contributed by atoms with Crippen molar-refractivity contribution in [3.63, 3.8) is 0 Å². The SMILES string of the molecule is CC(=O)c1cccc(OCCCCN2CCCC(C)C2)c1.Cl. The number of Topliss-reactive ketones (excluding diaryl/α,β-unsaturated/α-hetero) is 1. The van der Waals surface area contributed by atoms with E-state index in [0.717, 1.165) is 30.3 Å². The van der Waals surface area contributed by atoms with E-state index in [2.05, 4.69) is 11.8 Å². The number of ether oxygens (including phenoxy) is 1. The second-order valence-corrected chi connectivity index (χ2v) is 6.19.